The average Bonchev–Trinajstić information content (AvgIpc) is 2.16. The van der Waals surface area contributed by atoms with E-state index in [0.29, 0.717) is 6.10 Å². The summed E-state index contributed by atoms with van der Waals surface area (Å²) in [7, 11) is 0. The molecule has 1 saturated carbocycles. The molecule has 0 radical (unpaired) electrons. The maximum absolute atomic E-state index is 5.90. The molecule has 0 spiro atoms. The number of allylic oxidation sites excluding steroid dienone is 2. The second kappa shape index (κ2) is 6.10. The van der Waals surface area contributed by atoms with Crippen molar-refractivity contribution in [3.8, 4) is 0 Å². The van der Waals surface area contributed by atoms with Gasteiger partial charge in [0.05, 0.1) is 11.9 Å². The van der Waals surface area contributed by atoms with Crippen LogP contribution in [0.3, 0.4) is 0 Å². The van der Waals surface area contributed by atoms with Crippen LogP contribution in [0.5, 0.6) is 0 Å². The van der Waals surface area contributed by atoms with Gasteiger partial charge in [-0.2, -0.15) is 0 Å². The highest BCUT2D eigenvalue weighted by molar-refractivity contribution is 4.90. The van der Waals surface area contributed by atoms with Gasteiger partial charge in [0, 0.05) is 0 Å². The van der Waals surface area contributed by atoms with E-state index in [1.807, 2.05) is 0 Å². The maximum atomic E-state index is 5.90. The number of hydrogen-bond acceptors (Lipinski definition) is 1. The molecule has 1 aliphatic carbocycles. The third-order valence-corrected chi connectivity index (χ3v) is 2.78. The molecule has 1 aliphatic rings. The molecule has 1 heteroatoms. The van der Waals surface area contributed by atoms with Gasteiger partial charge >= 0.3 is 0 Å². The molecule has 14 heavy (non-hydrogen) atoms. The fourth-order valence-corrected chi connectivity index (χ4v) is 1.90. The fourth-order valence-electron chi connectivity index (χ4n) is 1.90. The fraction of sp³-hybridized carbons (Fsp3) is 0.846. The van der Waals surface area contributed by atoms with E-state index in [4.69, 9.17) is 4.74 Å². The minimum atomic E-state index is 0.507. The predicted octanol–water partition coefficient (Wildman–Crippen LogP) is 4.29. The van der Waals surface area contributed by atoms with Crippen molar-refractivity contribution < 1.29 is 4.74 Å². The van der Waals surface area contributed by atoms with Gasteiger partial charge in [0.15, 0.2) is 0 Å². The molecule has 1 fully saturated rings. The lowest BCUT2D eigenvalue weighted by Gasteiger charge is -2.23. The highest BCUT2D eigenvalue weighted by Crippen LogP contribution is 2.22. The van der Waals surface area contributed by atoms with E-state index < -0.39 is 0 Å². The second-order valence-corrected chi connectivity index (χ2v) is 4.82. The van der Waals surface area contributed by atoms with E-state index in [2.05, 4.69) is 26.8 Å². The second-order valence-electron chi connectivity index (χ2n) is 4.82. The summed E-state index contributed by atoms with van der Waals surface area (Å²) in [5.41, 5.74) is 0. The quantitative estimate of drug-likeness (QED) is 0.610. The first-order valence-corrected chi connectivity index (χ1v) is 6.02. The molecule has 0 unspecified atom stereocenters. The van der Waals surface area contributed by atoms with Crippen LogP contribution in [0.1, 0.15) is 59.3 Å². The Morgan fingerprint density at radius 3 is 2.50 bits per heavy atom. The molecule has 0 N–H and O–H groups in total. The van der Waals surface area contributed by atoms with Crippen molar-refractivity contribution in [3.63, 3.8) is 0 Å². The summed E-state index contributed by atoms with van der Waals surface area (Å²) in [5, 5.41) is 0. The Morgan fingerprint density at radius 1 is 1.29 bits per heavy atom. The lowest BCUT2D eigenvalue weighted by Crippen LogP contribution is -2.15. The molecule has 0 amide bonds. The van der Waals surface area contributed by atoms with Gasteiger partial charge in [-0.3, -0.25) is 0 Å². The van der Waals surface area contributed by atoms with Gasteiger partial charge in [-0.25, -0.2) is 0 Å². The van der Waals surface area contributed by atoms with E-state index in [9.17, 15) is 0 Å². The molecule has 0 bridgehead atoms. The minimum absolute atomic E-state index is 0.507. The lowest BCUT2D eigenvalue weighted by atomic mass is 9.98. The molecule has 0 saturated heterocycles. The van der Waals surface area contributed by atoms with Crippen LogP contribution >= 0.6 is 0 Å². The molecule has 0 aliphatic heterocycles. The van der Waals surface area contributed by atoms with E-state index in [0.717, 1.165) is 18.1 Å². The van der Waals surface area contributed by atoms with Crippen molar-refractivity contribution in [1.29, 1.82) is 0 Å². The molecule has 82 valence electrons. The van der Waals surface area contributed by atoms with Gasteiger partial charge in [-0.1, -0.05) is 20.3 Å². The molecular weight excluding hydrogens is 172 g/mol. The predicted molar refractivity (Wildman–Crippen MR) is 61.2 cm³/mol. The van der Waals surface area contributed by atoms with Crippen molar-refractivity contribution in [3.05, 3.63) is 11.8 Å². The molecule has 0 aromatic heterocycles. The first-order chi connectivity index (χ1) is 6.68. The first kappa shape index (κ1) is 11.6. The van der Waals surface area contributed by atoms with Crippen LogP contribution in [0.15, 0.2) is 11.8 Å². The summed E-state index contributed by atoms with van der Waals surface area (Å²) in [5.74, 6) is 1.87. The SMILES string of the molecule is C/C(=C/CC(C)C)OC1CCCCC1. The van der Waals surface area contributed by atoms with Gasteiger partial charge in [0.1, 0.15) is 0 Å². The highest BCUT2D eigenvalue weighted by Gasteiger charge is 2.14. The summed E-state index contributed by atoms with van der Waals surface area (Å²) < 4.78 is 5.90. The Labute approximate surface area is 88.5 Å². The van der Waals surface area contributed by atoms with Crippen LogP contribution in [-0.4, -0.2) is 6.10 Å². The number of rotatable bonds is 4. The Balaban J connectivity index is 2.24. The van der Waals surface area contributed by atoms with Crippen LogP contribution in [0.25, 0.3) is 0 Å². The Morgan fingerprint density at radius 2 is 1.93 bits per heavy atom. The molecule has 0 atom stereocenters. The van der Waals surface area contributed by atoms with Crippen LogP contribution in [-0.2, 0) is 4.74 Å². The van der Waals surface area contributed by atoms with Crippen molar-refractivity contribution in [2.45, 2.75) is 65.4 Å². The molecular formula is C13H24O. The van der Waals surface area contributed by atoms with Gasteiger partial charge in [0.2, 0.25) is 0 Å². The molecule has 1 rings (SSSR count). The van der Waals surface area contributed by atoms with Crippen LogP contribution in [0, 0.1) is 5.92 Å². The summed E-state index contributed by atoms with van der Waals surface area (Å²) in [4.78, 5) is 0. The smallest absolute Gasteiger partial charge is 0.0982 e. The first-order valence-electron chi connectivity index (χ1n) is 6.02. The molecule has 1 nitrogen and oxygen atoms in total. The van der Waals surface area contributed by atoms with Crippen molar-refractivity contribution in [2.24, 2.45) is 5.92 Å². The van der Waals surface area contributed by atoms with Crippen LogP contribution < -0.4 is 0 Å². The van der Waals surface area contributed by atoms with E-state index in [1.54, 1.807) is 0 Å². The zero-order valence-corrected chi connectivity index (χ0v) is 9.88. The van der Waals surface area contributed by atoms with Gasteiger partial charge in [-0.05, 0) is 51.0 Å². The van der Waals surface area contributed by atoms with E-state index >= 15 is 0 Å². The Hall–Kier alpha value is -0.460. The highest BCUT2D eigenvalue weighted by atomic mass is 16.5. The number of hydrogen-bond donors (Lipinski definition) is 0. The lowest BCUT2D eigenvalue weighted by molar-refractivity contribution is 0.0828. The van der Waals surface area contributed by atoms with Crippen LogP contribution in [0.2, 0.25) is 0 Å². The zero-order chi connectivity index (χ0) is 10.4. The summed E-state index contributed by atoms with van der Waals surface area (Å²) in [6.07, 6.45) is 10.5. The largest absolute Gasteiger partial charge is 0.495 e. The third-order valence-electron chi connectivity index (χ3n) is 2.78. The molecule has 0 aromatic rings. The van der Waals surface area contributed by atoms with Crippen LogP contribution in [0.4, 0.5) is 0 Å². The normalized spacial score (nSPS) is 20.1. The Bertz CT molecular complexity index is 176. The summed E-state index contributed by atoms with van der Waals surface area (Å²) in [6, 6.07) is 0. The van der Waals surface area contributed by atoms with Crippen molar-refractivity contribution >= 4 is 0 Å². The maximum Gasteiger partial charge on any atom is 0.0982 e. The topological polar surface area (TPSA) is 9.23 Å². The van der Waals surface area contributed by atoms with Crippen molar-refractivity contribution in [1.82, 2.24) is 0 Å². The van der Waals surface area contributed by atoms with Gasteiger partial charge in [-0.15, -0.1) is 0 Å². The minimum Gasteiger partial charge on any atom is -0.495 e. The third kappa shape index (κ3) is 4.69. The number of ether oxygens (including phenoxy) is 1. The molecule has 0 aromatic carbocycles. The zero-order valence-electron chi connectivity index (χ0n) is 9.88. The molecule has 0 heterocycles. The van der Waals surface area contributed by atoms with Gasteiger partial charge in [0.25, 0.3) is 0 Å². The Kier molecular flexibility index (Phi) is 5.06. The summed E-state index contributed by atoms with van der Waals surface area (Å²) >= 11 is 0. The van der Waals surface area contributed by atoms with E-state index in [-0.39, 0.29) is 0 Å². The van der Waals surface area contributed by atoms with E-state index in [1.165, 1.54) is 32.1 Å². The average molecular weight is 196 g/mol. The van der Waals surface area contributed by atoms with Crippen molar-refractivity contribution in [2.75, 3.05) is 0 Å². The monoisotopic (exact) mass is 196 g/mol. The summed E-state index contributed by atoms with van der Waals surface area (Å²) in [6.45, 7) is 6.58. The van der Waals surface area contributed by atoms with Gasteiger partial charge < -0.3 is 4.74 Å². The standard InChI is InChI=1S/C13H24O/c1-11(2)9-10-12(3)14-13-7-5-4-6-8-13/h10-11,13H,4-9H2,1-3H3/b12-10-.